The van der Waals surface area contributed by atoms with Crippen molar-refractivity contribution in [3.8, 4) is 0 Å². The van der Waals surface area contributed by atoms with Gasteiger partial charge >= 0.3 is 0 Å². The van der Waals surface area contributed by atoms with Crippen LogP contribution >= 0.6 is 0 Å². The van der Waals surface area contributed by atoms with Gasteiger partial charge in [0.05, 0.1) is 12.1 Å². The molecule has 0 saturated heterocycles. The summed E-state index contributed by atoms with van der Waals surface area (Å²) in [6, 6.07) is 1.66. The van der Waals surface area contributed by atoms with E-state index in [0.717, 1.165) is 0 Å². The molecule has 2 atom stereocenters. The minimum absolute atomic E-state index is 0.491. The second-order valence-corrected chi connectivity index (χ2v) is 5.85. The maximum atomic E-state index is 4.98. The van der Waals surface area contributed by atoms with E-state index in [9.17, 15) is 0 Å². The molecule has 0 aliphatic carbocycles. The molecule has 0 saturated carbocycles. The summed E-state index contributed by atoms with van der Waals surface area (Å²) in [5.74, 6) is 2.50. The number of hydrogen-bond acceptors (Lipinski definition) is 2. The number of amidine groups is 1. The monoisotopic (exact) mass is 224 g/mol. The lowest BCUT2D eigenvalue weighted by Gasteiger charge is -2.35. The molecule has 0 spiro atoms. The number of hydrogen-bond donors (Lipinski definition) is 0. The predicted molar refractivity (Wildman–Crippen MR) is 72.0 cm³/mol. The molecule has 0 fully saturated rings. The predicted octanol–water partition coefficient (Wildman–Crippen LogP) is 3.57. The lowest BCUT2D eigenvalue weighted by molar-refractivity contribution is 0.223. The van der Waals surface area contributed by atoms with Crippen molar-refractivity contribution in [1.29, 1.82) is 0 Å². The number of aliphatic imine (C=N–C) groups is 1. The van der Waals surface area contributed by atoms with Crippen LogP contribution in [0, 0.1) is 11.8 Å². The third kappa shape index (κ3) is 2.41. The zero-order valence-corrected chi connectivity index (χ0v) is 12.0. The topological polar surface area (TPSA) is 15.6 Å². The largest absolute Gasteiger partial charge is 0.353 e. The second-order valence-electron chi connectivity index (χ2n) is 5.85. The highest BCUT2D eigenvalue weighted by atomic mass is 15.3. The molecule has 0 radical (unpaired) electrons. The third-order valence-corrected chi connectivity index (χ3v) is 3.47. The molecule has 0 N–H and O–H groups in total. The van der Waals surface area contributed by atoms with Gasteiger partial charge in [0.1, 0.15) is 5.84 Å². The number of nitrogens with zero attached hydrogens (tertiary/aromatic N) is 2. The Hall–Kier alpha value is -0.530. The van der Waals surface area contributed by atoms with Gasteiger partial charge in [0.25, 0.3) is 0 Å². The molecule has 1 heterocycles. The van der Waals surface area contributed by atoms with Gasteiger partial charge in [-0.05, 0) is 26.2 Å². The highest BCUT2D eigenvalue weighted by Gasteiger charge is 2.38. The molecule has 1 aliphatic heterocycles. The Labute approximate surface area is 101 Å². The van der Waals surface area contributed by atoms with E-state index in [1.54, 1.807) is 0 Å². The summed E-state index contributed by atoms with van der Waals surface area (Å²) in [5, 5.41) is 0. The van der Waals surface area contributed by atoms with E-state index < -0.39 is 0 Å². The molecule has 2 heteroatoms. The maximum Gasteiger partial charge on any atom is 0.102 e. The molecular weight excluding hydrogens is 196 g/mol. The molecule has 0 bridgehead atoms. The van der Waals surface area contributed by atoms with E-state index >= 15 is 0 Å². The lowest BCUT2D eigenvalue weighted by Crippen LogP contribution is -2.46. The quantitative estimate of drug-likeness (QED) is 0.713. The van der Waals surface area contributed by atoms with Crippen LogP contribution in [-0.2, 0) is 0 Å². The average Bonchev–Trinajstić information content (AvgIpc) is 2.56. The van der Waals surface area contributed by atoms with Gasteiger partial charge in [-0.3, -0.25) is 4.99 Å². The van der Waals surface area contributed by atoms with Crippen molar-refractivity contribution in [2.45, 2.75) is 73.0 Å². The van der Waals surface area contributed by atoms with Crippen LogP contribution in [0.4, 0.5) is 0 Å². The van der Waals surface area contributed by atoms with Crippen molar-refractivity contribution in [1.82, 2.24) is 4.90 Å². The van der Waals surface area contributed by atoms with Gasteiger partial charge in [-0.2, -0.15) is 0 Å². The Balaban J connectivity index is 3.01. The van der Waals surface area contributed by atoms with Gasteiger partial charge in [0.2, 0.25) is 0 Å². The van der Waals surface area contributed by atoms with Gasteiger partial charge in [0, 0.05) is 12.0 Å². The summed E-state index contributed by atoms with van der Waals surface area (Å²) < 4.78 is 0. The first kappa shape index (κ1) is 13.5. The smallest absolute Gasteiger partial charge is 0.102 e. The minimum atomic E-state index is 0.491. The van der Waals surface area contributed by atoms with Gasteiger partial charge < -0.3 is 4.90 Å². The van der Waals surface area contributed by atoms with Crippen LogP contribution in [0.1, 0.15) is 54.9 Å². The van der Waals surface area contributed by atoms with Crippen molar-refractivity contribution in [3.05, 3.63) is 0 Å². The summed E-state index contributed by atoms with van der Waals surface area (Å²) >= 11 is 0. The van der Waals surface area contributed by atoms with E-state index in [-0.39, 0.29) is 0 Å². The fourth-order valence-electron chi connectivity index (χ4n) is 2.77. The fourth-order valence-corrected chi connectivity index (χ4v) is 2.77. The second kappa shape index (κ2) is 5.20. The summed E-state index contributed by atoms with van der Waals surface area (Å²) in [5.41, 5.74) is 0. The molecule has 1 rings (SSSR count). The Kier molecular flexibility index (Phi) is 4.40. The summed E-state index contributed by atoms with van der Waals surface area (Å²) in [4.78, 5) is 7.54. The molecule has 0 aromatic carbocycles. The van der Waals surface area contributed by atoms with Crippen LogP contribution in [0.2, 0.25) is 0 Å². The fraction of sp³-hybridized carbons (Fsp3) is 0.929. The highest BCUT2D eigenvalue weighted by molar-refractivity contribution is 5.86. The molecule has 0 aromatic heterocycles. The van der Waals surface area contributed by atoms with Crippen LogP contribution in [0.5, 0.6) is 0 Å². The van der Waals surface area contributed by atoms with Gasteiger partial charge in [-0.25, -0.2) is 0 Å². The summed E-state index contributed by atoms with van der Waals surface area (Å²) in [6.07, 6.45) is 1.20. The van der Waals surface area contributed by atoms with Crippen LogP contribution < -0.4 is 0 Å². The molecule has 0 amide bonds. The van der Waals surface area contributed by atoms with Crippen molar-refractivity contribution >= 4 is 5.84 Å². The Morgan fingerprint density at radius 2 is 1.69 bits per heavy atom. The van der Waals surface area contributed by atoms with Crippen LogP contribution in [0.25, 0.3) is 0 Å². The zero-order valence-electron chi connectivity index (χ0n) is 12.0. The van der Waals surface area contributed by atoms with Gasteiger partial charge in [-0.15, -0.1) is 0 Å². The average molecular weight is 224 g/mol. The molecule has 2 unspecified atom stereocenters. The van der Waals surface area contributed by atoms with Crippen LogP contribution in [0.15, 0.2) is 4.99 Å². The summed E-state index contributed by atoms with van der Waals surface area (Å²) in [6.45, 7) is 15.9. The lowest BCUT2D eigenvalue weighted by atomic mass is 9.94. The molecule has 0 aromatic rings. The van der Waals surface area contributed by atoms with Crippen LogP contribution in [0.3, 0.4) is 0 Å². The maximum absolute atomic E-state index is 4.98. The standard InChI is InChI=1S/C14H28N2/c1-8-12-13(9(2)3)15-14(10(4)5)16(12)11(6)7/h9-13H,8H2,1-7H3. The Morgan fingerprint density at radius 1 is 1.12 bits per heavy atom. The van der Waals surface area contributed by atoms with Crippen molar-refractivity contribution in [2.75, 3.05) is 0 Å². The van der Waals surface area contributed by atoms with Crippen molar-refractivity contribution in [3.63, 3.8) is 0 Å². The van der Waals surface area contributed by atoms with E-state index in [1.807, 2.05) is 0 Å². The van der Waals surface area contributed by atoms with E-state index in [2.05, 4.69) is 53.4 Å². The number of rotatable bonds is 4. The van der Waals surface area contributed by atoms with E-state index in [4.69, 9.17) is 4.99 Å². The zero-order chi connectivity index (χ0) is 12.5. The summed E-state index contributed by atoms with van der Waals surface area (Å²) in [7, 11) is 0. The van der Waals surface area contributed by atoms with Gasteiger partial charge in [-0.1, -0.05) is 34.6 Å². The SMILES string of the molecule is CCC1C(C(C)C)N=C(C(C)C)N1C(C)C. The van der Waals surface area contributed by atoms with E-state index in [1.165, 1.54) is 12.3 Å². The molecule has 94 valence electrons. The molecule has 1 aliphatic rings. The minimum Gasteiger partial charge on any atom is -0.353 e. The van der Waals surface area contributed by atoms with E-state index in [0.29, 0.717) is 30.0 Å². The molecule has 16 heavy (non-hydrogen) atoms. The molecule has 2 nitrogen and oxygen atoms in total. The first-order chi connectivity index (χ1) is 7.40. The molecular formula is C14H28N2. The normalized spacial score (nSPS) is 26.1. The Bertz CT molecular complexity index is 253. The van der Waals surface area contributed by atoms with Crippen molar-refractivity contribution < 1.29 is 0 Å². The highest BCUT2D eigenvalue weighted by Crippen LogP contribution is 2.30. The van der Waals surface area contributed by atoms with Gasteiger partial charge in [0.15, 0.2) is 0 Å². The Morgan fingerprint density at radius 3 is 2.00 bits per heavy atom. The first-order valence-electron chi connectivity index (χ1n) is 6.76. The van der Waals surface area contributed by atoms with Crippen LogP contribution in [-0.4, -0.2) is 28.9 Å². The third-order valence-electron chi connectivity index (χ3n) is 3.47. The van der Waals surface area contributed by atoms with Crippen molar-refractivity contribution in [2.24, 2.45) is 16.8 Å². The first-order valence-corrected chi connectivity index (χ1v) is 6.76.